The highest BCUT2D eigenvalue weighted by Gasteiger charge is 2.30. The number of piperazine rings is 1. The van der Waals surface area contributed by atoms with Gasteiger partial charge in [-0.05, 0) is 31.9 Å². The number of amides is 1. The van der Waals surface area contributed by atoms with E-state index in [2.05, 4.69) is 20.1 Å². The minimum absolute atomic E-state index is 0. The lowest BCUT2D eigenvalue weighted by Crippen LogP contribution is -2.57. The van der Waals surface area contributed by atoms with Gasteiger partial charge in [0, 0.05) is 51.2 Å². The Morgan fingerprint density at radius 2 is 1.85 bits per heavy atom. The minimum atomic E-state index is -0.0292. The molecule has 2 aliphatic rings. The van der Waals surface area contributed by atoms with E-state index in [-0.39, 0.29) is 35.9 Å². The van der Waals surface area contributed by atoms with Gasteiger partial charge in [-0.1, -0.05) is 11.6 Å². The second kappa shape index (κ2) is 10.8. The van der Waals surface area contributed by atoms with E-state index >= 15 is 0 Å². The van der Waals surface area contributed by atoms with Crippen LogP contribution < -0.4 is 5.32 Å². The standard InChI is InChI=1S/C18H28ClN5OS.HI/c1-14(17(25)23-7-3-4-8-23)22-9-11-24(12-10-22)18(20-2)21-13-15-5-6-16(19)26-15;/h5-6,14H,3-4,7-13H2,1-2H3,(H,20,21);1H. The molecule has 3 rings (SSSR count). The molecule has 0 aromatic carbocycles. The van der Waals surface area contributed by atoms with Crippen LogP contribution in [0.2, 0.25) is 4.34 Å². The second-order valence-electron chi connectivity index (χ2n) is 6.84. The number of nitrogens with zero attached hydrogens (tertiary/aromatic N) is 4. The van der Waals surface area contributed by atoms with Gasteiger partial charge in [-0.15, -0.1) is 35.3 Å². The second-order valence-corrected chi connectivity index (χ2v) is 8.64. The van der Waals surface area contributed by atoms with Crippen molar-refractivity contribution >= 4 is 58.8 Å². The lowest BCUT2D eigenvalue weighted by molar-refractivity contribution is -0.135. The normalized spacial score (nSPS) is 19.7. The first kappa shape index (κ1) is 22.7. The number of thiophene rings is 1. The van der Waals surface area contributed by atoms with Gasteiger partial charge in [0.1, 0.15) is 0 Å². The fourth-order valence-electron chi connectivity index (χ4n) is 3.62. The molecular formula is C18H29ClIN5OS. The largest absolute Gasteiger partial charge is 0.351 e. The van der Waals surface area contributed by atoms with Gasteiger partial charge in [0.15, 0.2) is 5.96 Å². The molecule has 1 aromatic rings. The SMILES string of the molecule is CN=C(NCc1ccc(Cl)s1)N1CCN(C(C)C(=O)N2CCCC2)CC1.I. The zero-order chi connectivity index (χ0) is 18.5. The van der Waals surface area contributed by atoms with Crippen LogP contribution in [0.1, 0.15) is 24.6 Å². The molecule has 0 bridgehead atoms. The van der Waals surface area contributed by atoms with Crippen LogP contribution in [0.4, 0.5) is 0 Å². The lowest BCUT2D eigenvalue weighted by Gasteiger charge is -2.39. The number of aliphatic imine (C=N–C) groups is 1. The van der Waals surface area contributed by atoms with Gasteiger partial charge in [-0.3, -0.25) is 14.7 Å². The third-order valence-electron chi connectivity index (χ3n) is 5.20. The maximum atomic E-state index is 12.6. The van der Waals surface area contributed by atoms with Crippen molar-refractivity contribution < 1.29 is 4.79 Å². The van der Waals surface area contributed by atoms with Crippen LogP contribution in [0.3, 0.4) is 0 Å². The molecule has 152 valence electrons. The van der Waals surface area contributed by atoms with Crippen LogP contribution in [-0.4, -0.2) is 78.9 Å². The minimum Gasteiger partial charge on any atom is -0.351 e. The predicted molar refractivity (Wildman–Crippen MR) is 123 cm³/mol. The third-order valence-corrected chi connectivity index (χ3v) is 6.43. The first-order chi connectivity index (χ1) is 12.6. The van der Waals surface area contributed by atoms with Gasteiger partial charge in [-0.2, -0.15) is 0 Å². The van der Waals surface area contributed by atoms with Crippen molar-refractivity contribution in [3.63, 3.8) is 0 Å². The Bertz CT molecular complexity index is 641. The Hall–Kier alpha value is -0.580. The fourth-order valence-corrected chi connectivity index (χ4v) is 4.65. The number of hydrogen-bond acceptors (Lipinski definition) is 4. The average molecular weight is 526 g/mol. The van der Waals surface area contributed by atoms with Crippen molar-refractivity contribution in [2.75, 3.05) is 46.3 Å². The molecule has 27 heavy (non-hydrogen) atoms. The summed E-state index contributed by atoms with van der Waals surface area (Å²) in [6.07, 6.45) is 2.29. The van der Waals surface area contributed by atoms with Gasteiger partial charge in [0.05, 0.1) is 16.9 Å². The molecule has 0 radical (unpaired) electrons. The van der Waals surface area contributed by atoms with Crippen molar-refractivity contribution in [1.29, 1.82) is 0 Å². The summed E-state index contributed by atoms with van der Waals surface area (Å²) in [5.41, 5.74) is 0. The third kappa shape index (κ3) is 5.95. The summed E-state index contributed by atoms with van der Waals surface area (Å²) in [6, 6.07) is 3.93. The summed E-state index contributed by atoms with van der Waals surface area (Å²) < 4.78 is 0.807. The highest BCUT2D eigenvalue weighted by atomic mass is 127. The molecule has 2 aliphatic heterocycles. The van der Waals surface area contributed by atoms with Gasteiger partial charge >= 0.3 is 0 Å². The first-order valence-electron chi connectivity index (χ1n) is 9.31. The molecular weight excluding hydrogens is 497 g/mol. The van der Waals surface area contributed by atoms with E-state index < -0.39 is 0 Å². The van der Waals surface area contributed by atoms with Crippen LogP contribution in [0, 0.1) is 0 Å². The Morgan fingerprint density at radius 3 is 2.41 bits per heavy atom. The molecule has 1 amide bonds. The molecule has 1 unspecified atom stereocenters. The number of guanidine groups is 1. The van der Waals surface area contributed by atoms with Crippen molar-refractivity contribution in [2.45, 2.75) is 32.4 Å². The highest BCUT2D eigenvalue weighted by Crippen LogP contribution is 2.21. The molecule has 0 spiro atoms. The molecule has 9 heteroatoms. The first-order valence-corrected chi connectivity index (χ1v) is 10.5. The van der Waals surface area contributed by atoms with Gasteiger partial charge < -0.3 is 15.1 Å². The van der Waals surface area contributed by atoms with Crippen molar-refractivity contribution in [1.82, 2.24) is 20.0 Å². The number of carbonyl (C=O) groups excluding carboxylic acids is 1. The van der Waals surface area contributed by atoms with E-state index in [1.165, 1.54) is 4.88 Å². The zero-order valence-corrected chi connectivity index (χ0v) is 19.9. The summed E-state index contributed by atoms with van der Waals surface area (Å²) >= 11 is 7.58. The highest BCUT2D eigenvalue weighted by molar-refractivity contribution is 14.0. The lowest BCUT2D eigenvalue weighted by atomic mass is 10.2. The molecule has 1 aromatic heterocycles. The van der Waals surface area contributed by atoms with Crippen LogP contribution in [-0.2, 0) is 11.3 Å². The topological polar surface area (TPSA) is 51.2 Å². The van der Waals surface area contributed by atoms with Crippen LogP contribution in [0.15, 0.2) is 17.1 Å². The van der Waals surface area contributed by atoms with Crippen LogP contribution >= 0.6 is 46.9 Å². The average Bonchev–Trinajstić information content (AvgIpc) is 3.33. The van der Waals surface area contributed by atoms with Crippen LogP contribution in [0.5, 0.6) is 0 Å². The molecule has 1 N–H and O–H groups in total. The zero-order valence-electron chi connectivity index (χ0n) is 16.0. The molecule has 1 atom stereocenters. The summed E-state index contributed by atoms with van der Waals surface area (Å²) in [6.45, 7) is 8.14. The molecule has 2 fully saturated rings. The molecule has 0 aliphatic carbocycles. The van der Waals surface area contributed by atoms with E-state index in [0.29, 0.717) is 0 Å². The van der Waals surface area contributed by atoms with Gasteiger partial charge in [0.25, 0.3) is 0 Å². The number of carbonyl (C=O) groups is 1. The summed E-state index contributed by atoms with van der Waals surface area (Å²) in [4.78, 5) is 24.8. The smallest absolute Gasteiger partial charge is 0.239 e. The number of hydrogen-bond donors (Lipinski definition) is 1. The maximum absolute atomic E-state index is 12.6. The van der Waals surface area contributed by atoms with E-state index in [1.54, 1.807) is 11.3 Å². The Labute approximate surface area is 188 Å². The fraction of sp³-hybridized carbons (Fsp3) is 0.667. The summed E-state index contributed by atoms with van der Waals surface area (Å²) in [5.74, 6) is 1.20. The van der Waals surface area contributed by atoms with Crippen LogP contribution in [0.25, 0.3) is 0 Å². The Balaban J connectivity index is 0.00000261. The van der Waals surface area contributed by atoms with E-state index in [9.17, 15) is 4.79 Å². The molecule has 0 saturated carbocycles. The molecule has 3 heterocycles. The summed E-state index contributed by atoms with van der Waals surface area (Å²) in [5, 5.41) is 3.41. The van der Waals surface area contributed by atoms with Crippen molar-refractivity contribution in [3.05, 3.63) is 21.3 Å². The van der Waals surface area contributed by atoms with Gasteiger partial charge in [-0.25, -0.2) is 0 Å². The quantitative estimate of drug-likeness (QED) is 0.373. The number of rotatable bonds is 4. The van der Waals surface area contributed by atoms with Crippen molar-refractivity contribution in [2.24, 2.45) is 4.99 Å². The Morgan fingerprint density at radius 1 is 1.19 bits per heavy atom. The monoisotopic (exact) mass is 525 g/mol. The number of likely N-dealkylation sites (tertiary alicyclic amines) is 1. The molecule has 6 nitrogen and oxygen atoms in total. The van der Waals surface area contributed by atoms with Crippen molar-refractivity contribution in [3.8, 4) is 0 Å². The number of nitrogens with one attached hydrogen (secondary N) is 1. The Kier molecular flexibility index (Phi) is 9.10. The van der Waals surface area contributed by atoms with E-state index in [0.717, 1.165) is 69.0 Å². The van der Waals surface area contributed by atoms with Gasteiger partial charge in [0.2, 0.25) is 5.91 Å². The number of halogens is 2. The van der Waals surface area contributed by atoms with E-state index in [4.69, 9.17) is 11.6 Å². The van der Waals surface area contributed by atoms with E-state index in [1.807, 2.05) is 31.0 Å². The maximum Gasteiger partial charge on any atom is 0.239 e. The predicted octanol–water partition coefficient (Wildman–Crippen LogP) is 2.72. The summed E-state index contributed by atoms with van der Waals surface area (Å²) in [7, 11) is 1.82. The molecule has 2 saturated heterocycles.